The SMILES string of the molecule is CC/C=C\C/C=C\C/C=C\CCCCCCCCCCCC(=O)OCC(COC(=O)CCCCCCCCCCCCCCCCCC)OC(=O)CCCCCCCCCCCCCCCCCC. The molecule has 0 saturated carbocycles. The van der Waals surface area contributed by atoms with Crippen molar-refractivity contribution >= 4 is 17.9 Å². The zero-order valence-electron chi connectivity index (χ0n) is 46.3. The molecule has 1 unspecified atom stereocenters. The van der Waals surface area contributed by atoms with Crippen molar-refractivity contribution in [2.45, 2.75) is 335 Å². The predicted octanol–water partition coefficient (Wildman–Crippen LogP) is 20.4. The largest absolute Gasteiger partial charge is 0.462 e. The fourth-order valence-corrected chi connectivity index (χ4v) is 9.11. The number of unbranched alkanes of at least 4 members (excludes halogenated alkanes) is 39. The molecule has 0 aromatic heterocycles. The predicted molar refractivity (Wildman–Crippen MR) is 298 cm³/mol. The van der Waals surface area contributed by atoms with Gasteiger partial charge in [0.15, 0.2) is 6.10 Å². The number of hydrogen-bond acceptors (Lipinski definition) is 6. The maximum atomic E-state index is 12.9. The quantitative estimate of drug-likeness (QED) is 0.0261. The first-order valence-corrected chi connectivity index (χ1v) is 30.5. The summed E-state index contributed by atoms with van der Waals surface area (Å²) >= 11 is 0. The van der Waals surface area contributed by atoms with E-state index in [1.807, 2.05) is 0 Å². The minimum atomic E-state index is -0.770. The highest BCUT2D eigenvalue weighted by molar-refractivity contribution is 5.71. The van der Waals surface area contributed by atoms with E-state index in [1.165, 1.54) is 212 Å². The third-order valence-electron chi connectivity index (χ3n) is 13.7. The molecule has 0 N–H and O–H groups in total. The van der Waals surface area contributed by atoms with E-state index in [-0.39, 0.29) is 31.1 Å². The number of carbonyl (C=O) groups is 3. The molecule has 0 aromatic carbocycles. The summed E-state index contributed by atoms with van der Waals surface area (Å²) in [4.78, 5) is 38.2. The van der Waals surface area contributed by atoms with Crippen LogP contribution in [0, 0.1) is 0 Å². The molecule has 0 rings (SSSR count). The minimum absolute atomic E-state index is 0.0681. The lowest BCUT2D eigenvalue weighted by Crippen LogP contribution is -2.30. The van der Waals surface area contributed by atoms with Crippen molar-refractivity contribution in [2.75, 3.05) is 13.2 Å². The van der Waals surface area contributed by atoms with Crippen LogP contribution < -0.4 is 0 Å². The lowest BCUT2D eigenvalue weighted by molar-refractivity contribution is -0.167. The Hall–Kier alpha value is -2.37. The molecular weight excluding hydrogens is 853 g/mol. The Morgan fingerprint density at radius 1 is 0.304 bits per heavy atom. The van der Waals surface area contributed by atoms with Crippen molar-refractivity contribution in [3.8, 4) is 0 Å². The van der Waals surface area contributed by atoms with Gasteiger partial charge in [-0.15, -0.1) is 0 Å². The summed E-state index contributed by atoms with van der Waals surface area (Å²) in [5.74, 6) is -0.850. The first kappa shape index (κ1) is 66.6. The topological polar surface area (TPSA) is 78.9 Å². The van der Waals surface area contributed by atoms with Crippen molar-refractivity contribution in [2.24, 2.45) is 0 Å². The summed E-state index contributed by atoms with van der Waals surface area (Å²) < 4.78 is 16.9. The molecule has 6 heteroatoms. The molecular formula is C63H116O6. The molecule has 0 saturated heterocycles. The summed E-state index contributed by atoms with van der Waals surface area (Å²) in [5.41, 5.74) is 0. The Morgan fingerprint density at radius 3 is 0.884 bits per heavy atom. The molecule has 0 amide bonds. The molecule has 0 spiro atoms. The van der Waals surface area contributed by atoms with Crippen LogP contribution in [-0.2, 0) is 28.6 Å². The second-order valence-corrected chi connectivity index (χ2v) is 20.6. The van der Waals surface area contributed by atoms with Crippen LogP contribution in [0.25, 0.3) is 0 Å². The molecule has 0 aromatic rings. The maximum Gasteiger partial charge on any atom is 0.306 e. The van der Waals surface area contributed by atoms with Gasteiger partial charge in [-0.2, -0.15) is 0 Å². The van der Waals surface area contributed by atoms with E-state index in [2.05, 4.69) is 57.2 Å². The lowest BCUT2D eigenvalue weighted by atomic mass is 10.0. The van der Waals surface area contributed by atoms with Gasteiger partial charge < -0.3 is 14.2 Å². The molecule has 0 aliphatic rings. The Bertz CT molecular complexity index is 1160. The van der Waals surface area contributed by atoms with Crippen LogP contribution >= 0.6 is 0 Å². The molecule has 69 heavy (non-hydrogen) atoms. The van der Waals surface area contributed by atoms with Crippen LogP contribution in [0.15, 0.2) is 36.5 Å². The molecule has 0 aliphatic carbocycles. The lowest BCUT2D eigenvalue weighted by Gasteiger charge is -2.18. The van der Waals surface area contributed by atoms with Crippen LogP contribution in [0.1, 0.15) is 329 Å². The van der Waals surface area contributed by atoms with Gasteiger partial charge in [0, 0.05) is 19.3 Å². The van der Waals surface area contributed by atoms with Crippen LogP contribution in [0.5, 0.6) is 0 Å². The molecule has 0 radical (unpaired) electrons. The van der Waals surface area contributed by atoms with Crippen LogP contribution in [-0.4, -0.2) is 37.2 Å². The first-order valence-electron chi connectivity index (χ1n) is 30.5. The number of allylic oxidation sites excluding steroid dienone is 6. The summed E-state index contributed by atoms with van der Waals surface area (Å²) in [5, 5.41) is 0. The molecule has 0 heterocycles. The van der Waals surface area contributed by atoms with Gasteiger partial charge in [-0.1, -0.05) is 295 Å². The highest BCUT2D eigenvalue weighted by Gasteiger charge is 2.19. The van der Waals surface area contributed by atoms with Gasteiger partial charge in [-0.25, -0.2) is 0 Å². The van der Waals surface area contributed by atoms with Gasteiger partial charge in [0.1, 0.15) is 13.2 Å². The molecule has 0 aliphatic heterocycles. The fourth-order valence-electron chi connectivity index (χ4n) is 9.11. The maximum absolute atomic E-state index is 12.9. The summed E-state index contributed by atoms with van der Waals surface area (Å²) in [6.07, 6.45) is 69.9. The molecule has 404 valence electrons. The van der Waals surface area contributed by atoms with Crippen molar-refractivity contribution in [1.82, 2.24) is 0 Å². The van der Waals surface area contributed by atoms with E-state index < -0.39 is 6.10 Å². The monoisotopic (exact) mass is 969 g/mol. The average Bonchev–Trinajstić information content (AvgIpc) is 3.35. The standard InChI is InChI=1S/C63H116O6/c1-4-7-10-13-16-19-22-25-28-31-32-33-36-38-41-44-47-50-53-56-62(65)68-59-60(69-63(66)57-54-51-48-45-42-39-35-30-27-24-21-18-15-12-9-6-3)58-67-61(64)55-52-49-46-43-40-37-34-29-26-23-20-17-14-11-8-5-2/h7,10,16,19,25,28,60H,4-6,8-9,11-15,17-18,20-24,26-27,29-59H2,1-3H3/b10-7-,19-16-,28-25-. The number of esters is 3. The number of carbonyl (C=O) groups excluding carboxylic acids is 3. The summed E-state index contributed by atoms with van der Waals surface area (Å²) in [6.45, 7) is 6.59. The van der Waals surface area contributed by atoms with E-state index in [4.69, 9.17) is 14.2 Å². The van der Waals surface area contributed by atoms with Crippen molar-refractivity contribution in [1.29, 1.82) is 0 Å². The van der Waals surface area contributed by atoms with Crippen LogP contribution in [0.3, 0.4) is 0 Å². The van der Waals surface area contributed by atoms with Crippen molar-refractivity contribution < 1.29 is 28.6 Å². The summed E-state index contributed by atoms with van der Waals surface area (Å²) in [6, 6.07) is 0. The van der Waals surface area contributed by atoms with Gasteiger partial charge in [-0.3, -0.25) is 14.4 Å². The Kier molecular flexibility index (Phi) is 56.2. The number of ether oxygens (including phenoxy) is 3. The Labute approximate surface area is 429 Å². The normalized spacial score (nSPS) is 12.2. The van der Waals surface area contributed by atoms with E-state index in [9.17, 15) is 14.4 Å². The van der Waals surface area contributed by atoms with E-state index in [0.29, 0.717) is 19.3 Å². The van der Waals surface area contributed by atoms with Crippen LogP contribution in [0.4, 0.5) is 0 Å². The average molecular weight is 970 g/mol. The van der Waals surface area contributed by atoms with E-state index >= 15 is 0 Å². The van der Waals surface area contributed by atoms with Crippen molar-refractivity contribution in [3.63, 3.8) is 0 Å². The Morgan fingerprint density at radius 2 is 0.565 bits per heavy atom. The van der Waals surface area contributed by atoms with E-state index in [0.717, 1.165) is 77.0 Å². The molecule has 0 bridgehead atoms. The van der Waals surface area contributed by atoms with Gasteiger partial charge in [0.25, 0.3) is 0 Å². The molecule has 0 fully saturated rings. The first-order chi connectivity index (χ1) is 34.0. The third-order valence-corrected chi connectivity index (χ3v) is 13.7. The van der Waals surface area contributed by atoms with Gasteiger partial charge >= 0.3 is 17.9 Å². The number of rotatable bonds is 56. The fraction of sp³-hybridized carbons (Fsp3) is 0.857. The van der Waals surface area contributed by atoms with Crippen molar-refractivity contribution in [3.05, 3.63) is 36.5 Å². The van der Waals surface area contributed by atoms with Gasteiger partial charge in [0.05, 0.1) is 0 Å². The van der Waals surface area contributed by atoms with Crippen LogP contribution in [0.2, 0.25) is 0 Å². The third kappa shape index (κ3) is 56.4. The van der Waals surface area contributed by atoms with E-state index in [1.54, 1.807) is 0 Å². The summed E-state index contributed by atoms with van der Waals surface area (Å²) in [7, 11) is 0. The zero-order chi connectivity index (χ0) is 50.0. The second kappa shape index (κ2) is 58.2. The molecule has 1 atom stereocenters. The smallest absolute Gasteiger partial charge is 0.306 e. The minimum Gasteiger partial charge on any atom is -0.462 e. The Balaban J connectivity index is 4.32. The zero-order valence-corrected chi connectivity index (χ0v) is 46.3. The van der Waals surface area contributed by atoms with Gasteiger partial charge in [0.2, 0.25) is 0 Å². The second-order valence-electron chi connectivity index (χ2n) is 20.6. The van der Waals surface area contributed by atoms with Gasteiger partial charge in [-0.05, 0) is 51.4 Å². The highest BCUT2D eigenvalue weighted by Crippen LogP contribution is 2.17. The molecule has 6 nitrogen and oxygen atoms in total. The number of hydrogen-bond donors (Lipinski definition) is 0. The highest BCUT2D eigenvalue weighted by atomic mass is 16.6.